The van der Waals surface area contributed by atoms with Gasteiger partial charge in [-0.2, -0.15) is 0 Å². The zero-order valence-electron chi connectivity index (χ0n) is 11.3. The largest absolute Gasteiger partial charge is 2.00 e. The first-order chi connectivity index (χ1) is 8.24. The molecule has 0 aliphatic rings. The Kier molecular flexibility index (Phi) is 21.5. The summed E-state index contributed by atoms with van der Waals surface area (Å²) >= 11 is 19.3. The van der Waals surface area contributed by atoms with Gasteiger partial charge in [0.25, 0.3) is 0 Å². The smallest absolute Gasteiger partial charge is 0.691 e. The SMILES string of the molecule is CCOP(=S)([S-])OCC.CCOP(=S)([S-])OCC.[Pt+2]. The maximum atomic E-state index is 4.99. The monoisotopic (exact) mass is 565 g/mol. The van der Waals surface area contributed by atoms with Gasteiger partial charge in [0, 0.05) is 26.4 Å². The fourth-order valence-corrected chi connectivity index (χ4v) is 4.65. The number of rotatable bonds is 8. The molecule has 0 aromatic heterocycles. The molecule has 0 N–H and O–H groups in total. The summed E-state index contributed by atoms with van der Waals surface area (Å²) in [6.07, 6.45) is 0. The van der Waals surface area contributed by atoms with E-state index in [1.807, 2.05) is 27.7 Å². The summed E-state index contributed by atoms with van der Waals surface area (Å²) in [5.74, 6) is 0. The van der Waals surface area contributed by atoms with Gasteiger partial charge in [0.1, 0.15) is 0 Å². The van der Waals surface area contributed by atoms with Crippen LogP contribution in [0.3, 0.4) is 0 Å². The zero-order chi connectivity index (χ0) is 14.7. The van der Waals surface area contributed by atoms with E-state index in [-0.39, 0.29) is 21.1 Å². The molecular weight excluding hydrogens is 545 g/mol. The number of hydrogen-bond acceptors (Lipinski definition) is 8. The Hall–Kier alpha value is 2.53. The fraction of sp³-hybridized carbons (Fsp3) is 1.00. The summed E-state index contributed by atoms with van der Waals surface area (Å²) in [7, 11) is 0. The summed E-state index contributed by atoms with van der Waals surface area (Å²) in [6, 6.07) is 0. The minimum absolute atomic E-state index is 0. The molecule has 0 bridgehead atoms. The van der Waals surface area contributed by atoms with Crippen LogP contribution in [0.2, 0.25) is 0 Å². The molecule has 0 radical (unpaired) electrons. The molecule has 0 aromatic rings. The Morgan fingerprint density at radius 1 is 0.684 bits per heavy atom. The van der Waals surface area contributed by atoms with Crippen LogP contribution in [-0.4, -0.2) is 26.4 Å². The van der Waals surface area contributed by atoms with Gasteiger partial charge < -0.3 is 42.6 Å². The van der Waals surface area contributed by atoms with Crippen molar-refractivity contribution in [1.82, 2.24) is 0 Å². The maximum absolute atomic E-state index is 4.99. The zero-order valence-corrected chi connectivity index (χ0v) is 18.6. The molecule has 0 amide bonds. The van der Waals surface area contributed by atoms with Gasteiger partial charge in [0.2, 0.25) is 0 Å². The van der Waals surface area contributed by atoms with Crippen LogP contribution in [0.4, 0.5) is 0 Å². The topological polar surface area (TPSA) is 36.9 Å². The molecule has 0 atom stereocenters. The molecular formula is C8H20O4P2PtS4. The van der Waals surface area contributed by atoms with E-state index < -0.39 is 11.4 Å². The van der Waals surface area contributed by atoms with Crippen molar-refractivity contribution in [2.45, 2.75) is 27.7 Å². The second-order valence-corrected chi connectivity index (χ2v) is 12.5. The Morgan fingerprint density at radius 3 is 0.947 bits per heavy atom. The Morgan fingerprint density at radius 2 is 0.842 bits per heavy atom. The molecule has 19 heavy (non-hydrogen) atoms. The number of hydrogen-bond donors (Lipinski definition) is 0. The van der Waals surface area contributed by atoms with E-state index >= 15 is 0 Å². The third-order valence-corrected chi connectivity index (χ3v) is 5.98. The molecule has 0 saturated heterocycles. The molecule has 0 saturated carbocycles. The van der Waals surface area contributed by atoms with Crippen LogP contribution < -0.4 is 0 Å². The Labute approximate surface area is 152 Å². The van der Waals surface area contributed by atoms with Crippen molar-refractivity contribution >= 4 is 59.5 Å². The average Bonchev–Trinajstić information content (AvgIpc) is 2.17. The molecule has 0 heterocycles. The summed E-state index contributed by atoms with van der Waals surface area (Å²) in [4.78, 5) is 0. The first-order valence-electron chi connectivity index (χ1n) is 5.44. The Balaban J connectivity index is -0.000000256. The van der Waals surface area contributed by atoms with E-state index in [2.05, 4.69) is 0 Å². The van der Waals surface area contributed by atoms with E-state index in [4.69, 9.17) is 66.2 Å². The third-order valence-electron chi connectivity index (χ3n) is 1.15. The van der Waals surface area contributed by atoms with Gasteiger partial charge in [-0.05, 0) is 27.7 Å². The van der Waals surface area contributed by atoms with Crippen molar-refractivity contribution in [1.29, 1.82) is 0 Å². The maximum Gasteiger partial charge on any atom is 2.00 e. The quantitative estimate of drug-likeness (QED) is 0.326. The molecule has 0 fully saturated rings. The van der Waals surface area contributed by atoms with Crippen LogP contribution in [0.15, 0.2) is 0 Å². The van der Waals surface area contributed by atoms with Gasteiger partial charge in [-0.25, -0.2) is 0 Å². The van der Waals surface area contributed by atoms with Crippen molar-refractivity contribution < 1.29 is 39.2 Å². The third kappa shape index (κ3) is 20.5. The van der Waals surface area contributed by atoms with Gasteiger partial charge in [-0.15, -0.1) is 0 Å². The molecule has 120 valence electrons. The van der Waals surface area contributed by atoms with Crippen molar-refractivity contribution in [3.05, 3.63) is 0 Å². The van der Waals surface area contributed by atoms with E-state index in [0.717, 1.165) is 0 Å². The first-order valence-corrected chi connectivity index (χ1v) is 12.7. The Bertz CT molecular complexity index is 248. The van der Waals surface area contributed by atoms with Crippen LogP contribution in [0, 0.1) is 0 Å². The van der Waals surface area contributed by atoms with E-state index in [9.17, 15) is 0 Å². The van der Waals surface area contributed by atoms with Crippen LogP contribution >= 0.6 is 11.4 Å². The molecule has 0 rings (SSSR count). The summed E-state index contributed by atoms with van der Waals surface area (Å²) in [5, 5.41) is 0. The van der Waals surface area contributed by atoms with Crippen LogP contribution in [-0.2, 0) is 87.3 Å². The van der Waals surface area contributed by atoms with Gasteiger partial charge in [0.05, 0.1) is 11.4 Å². The molecule has 4 nitrogen and oxygen atoms in total. The predicted octanol–water partition coefficient (Wildman–Crippen LogP) is 3.66. The van der Waals surface area contributed by atoms with E-state index in [1.54, 1.807) is 0 Å². The summed E-state index contributed by atoms with van der Waals surface area (Å²) < 4.78 is 20.0. The van der Waals surface area contributed by atoms with E-state index in [1.165, 1.54) is 0 Å². The van der Waals surface area contributed by atoms with Gasteiger partial charge in [-0.1, -0.05) is 23.6 Å². The van der Waals surface area contributed by atoms with Gasteiger partial charge >= 0.3 is 21.1 Å². The van der Waals surface area contributed by atoms with Crippen LogP contribution in [0.1, 0.15) is 27.7 Å². The second kappa shape index (κ2) is 15.4. The molecule has 0 unspecified atom stereocenters. The van der Waals surface area contributed by atoms with Crippen molar-refractivity contribution in [3.8, 4) is 0 Å². The normalized spacial score (nSPS) is 11.3. The molecule has 0 aliphatic heterocycles. The summed E-state index contributed by atoms with van der Waals surface area (Å²) in [5.41, 5.74) is -4.55. The molecule has 11 heteroatoms. The predicted molar refractivity (Wildman–Crippen MR) is 89.8 cm³/mol. The van der Waals surface area contributed by atoms with E-state index in [0.29, 0.717) is 26.4 Å². The van der Waals surface area contributed by atoms with Crippen LogP contribution in [0.5, 0.6) is 0 Å². The van der Waals surface area contributed by atoms with Gasteiger partial charge in [-0.3, -0.25) is 0 Å². The van der Waals surface area contributed by atoms with Crippen molar-refractivity contribution in [2.24, 2.45) is 0 Å². The van der Waals surface area contributed by atoms with Gasteiger partial charge in [0.15, 0.2) is 0 Å². The first kappa shape index (κ1) is 26.4. The van der Waals surface area contributed by atoms with Crippen molar-refractivity contribution in [3.63, 3.8) is 0 Å². The average molecular weight is 566 g/mol. The van der Waals surface area contributed by atoms with Crippen molar-refractivity contribution in [2.75, 3.05) is 26.4 Å². The minimum atomic E-state index is -2.28. The molecule has 0 spiro atoms. The van der Waals surface area contributed by atoms with Crippen LogP contribution in [0.25, 0.3) is 0 Å². The molecule has 0 aliphatic carbocycles. The second-order valence-electron chi connectivity index (χ2n) is 2.57. The fourth-order valence-electron chi connectivity index (χ4n) is 0.707. The minimum Gasteiger partial charge on any atom is -0.691 e. The standard InChI is InChI=1S/2C4H11O2PS2.Pt/c2*1-3-5-7(8,9)6-4-2;/h2*3-4H2,1-2H3,(H,8,9);/q;;+2/p-2. The molecule has 0 aromatic carbocycles. The summed E-state index contributed by atoms with van der Waals surface area (Å²) in [6.45, 7) is 9.58.